The number of fused-ring (bicyclic) bond motifs is 1. The van der Waals surface area contributed by atoms with Crippen LogP contribution < -0.4 is 0 Å². The van der Waals surface area contributed by atoms with Crippen LogP contribution >= 0.6 is 0 Å². The minimum atomic E-state index is -0.499. The highest BCUT2D eigenvalue weighted by Crippen LogP contribution is 2.41. The minimum Gasteiger partial charge on any atom is -0.394 e. The highest BCUT2D eigenvalue weighted by Gasteiger charge is 2.41. The summed E-state index contributed by atoms with van der Waals surface area (Å²) in [5, 5.41) is 21.7. The smallest absolute Gasteiger partial charge is 0.0859 e. The van der Waals surface area contributed by atoms with E-state index in [0.717, 1.165) is 11.9 Å². The van der Waals surface area contributed by atoms with Gasteiger partial charge in [-0.05, 0) is 54.0 Å². The predicted octanol–water partition coefficient (Wildman–Crippen LogP) is 3.23. The van der Waals surface area contributed by atoms with Gasteiger partial charge in [0.25, 0.3) is 0 Å². The van der Waals surface area contributed by atoms with Crippen molar-refractivity contribution < 1.29 is 14.9 Å². The Balaban J connectivity index is 2.08. The van der Waals surface area contributed by atoms with E-state index in [9.17, 15) is 10.2 Å². The molecule has 0 aliphatic carbocycles. The molecule has 1 aliphatic rings. The third kappa shape index (κ3) is 2.87. The summed E-state index contributed by atoms with van der Waals surface area (Å²) in [7, 11) is 0. The van der Waals surface area contributed by atoms with Crippen molar-refractivity contribution in [2.45, 2.75) is 58.3 Å². The predicted molar refractivity (Wildman–Crippen MR) is 96.2 cm³/mol. The van der Waals surface area contributed by atoms with Gasteiger partial charge in [-0.3, -0.25) is 0 Å². The van der Waals surface area contributed by atoms with Crippen LogP contribution in [0.4, 0.5) is 0 Å². The molecule has 4 heteroatoms. The Labute approximate surface area is 143 Å². The lowest BCUT2D eigenvalue weighted by atomic mass is 9.76. The van der Waals surface area contributed by atoms with Gasteiger partial charge >= 0.3 is 0 Å². The van der Waals surface area contributed by atoms with Crippen molar-refractivity contribution in [3.63, 3.8) is 0 Å². The molecule has 1 fully saturated rings. The Morgan fingerprint density at radius 3 is 2.58 bits per heavy atom. The summed E-state index contributed by atoms with van der Waals surface area (Å²) >= 11 is 0. The third-order valence-corrected chi connectivity index (χ3v) is 5.86. The summed E-state index contributed by atoms with van der Waals surface area (Å²) in [6.07, 6.45) is 2.03. The zero-order valence-corrected chi connectivity index (χ0v) is 15.0. The molecule has 4 nitrogen and oxygen atoms in total. The normalized spacial score (nSPS) is 34.4. The van der Waals surface area contributed by atoms with Gasteiger partial charge in [0.05, 0.1) is 24.9 Å². The maximum atomic E-state index is 10.8. The number of hydrogen-bond donors (Lipinski definition) is 3. The van der Waals surface area contributed by atoms with Crippen molar-refractivity contribution in [2.24, 2.45) is 11.8 Å². The van der Waals surface area contributed by atoms with E-state index in [0.29, 0.717) is 0 Å². The molecule has 132 valence electrons. The number of aliphatic hydroxyl groups excluding tert-OH is 2. The number of aromatic nitrogens is 1. The van der Waals surface area contributed by atoms with E-state index >= 15 is 0 Å². The second-order valence-electron chi connectivity index (χ2n) is 7.27. The van der Waals surface area contributed by atoms with Crippen molar-refractivity contribution in [2.75, 3.05) is 6.61 Å². The van der Waals surface area contributed by atoms with Crippen LogP contribution in [0.3, 0.4) is 0 Å². The number of rotatable bonds is 3. The molecule has 3 N–H and O–H groups in total. The summed E-state index contributed by atoms with van der Waals surface area (Å²) in [5.74, 6) is 0.0719. The number of ether oxygens (including phenoxy) is 1. The molecular weight excluding hydrogens is 302 g/mol. The maximum Gasteiger partial charge on any atom is 0.0859 e. The van der Waals surface area contributed by atoms with Gasteiger partial charge in [0, 0.05) is 23.5 Å². The van der Waals surface area contributed by atoms with Gasteiger partial charge < -0.3 is 19.9 Å². The summed E-state index contributed by atoms with van der Waals surface area (Å²) in [6, 6.07) is 6.55. The molecule has 1 aromatic heterocycles. The minimum absolute atomic E-state index is 0.0572. The average Bonchev–Trinajstić information content (AvgIpc) is 3.01. The first-order valence-electron chi connectivity index (χ1n) is 9.02. The van der Waals surface area contributed by atoms with Crippen LogP contribution in [0.2, 0.25) is 0 Å². The van der Waals surface area contributed by atoms with E-state index in [1.165, 1.54) is 16.5 Å². The lowest BCUT2D eigenvalue weighted by Crippen LogP contribution is -2.35. The Morgan fingerprint density at radius 1 is 1.17 bits per heavy atom. The molecule has 2 heterocycles. The van der Waals surface area contributed by atoms with Crippen LogP contribution in [-0.2, 0) is 11.2 Å². The van der Waals surface area contributed by atoms with Gasteiger partial charge in [-0.2, -0.15) is 0 Å². The van der Waals surface area contributed by atoms with Crippen molar-refractivity contribution in [1.82, 2.24) is 4.98 Å². The molecule has 1 aromatic carbocycles. The van der Waals surface area contributed by atoms with Gasteiger partial charge in [-0.25, -0.2) is 0 Å². The summed E-state index contributed by atoms with van der Waals surface area (Å²) in [5.41, 5.74) is 3.67. The fraction of sp³-hybridized carbons (Fsp3) is 0.600. The van der Waals surface area contributed by atoms with E-state index in [2.05, 4.69) is 44.0 Å². The van der Waals surface area contributed by atoms with Crippen LogP contribution in [0, 0.1) is 11.8 Å². The van der Waals surface area contributed by atoms with Gasteiger partial charge in [-0.15, -0.1) is 0 Å². The van der Waals surface area contributed by atoms with E-state index < -0.39 is 6.10 Å². The third-order valence-electron chi connectivity index (χ3n) is 5.86. The summed E-state index contributed by atoms with van der Waals surface area (Å²) < 4.78 is 6.15. The average molecular weight is 331 g/mol. The fourth-order valence-electron chi connectivity index (χ4n) is 4.35. The van der Waals surface area contributed by atoms with Crippen molar-refractivity contribution in [3.8, 4) is 0 Å². The van der Waals surface area contributed by atoms with Crippen molar-refractivity contribution in [1.29, 1.82) is 0 Å². The highest BCUT2D eigenvalue weighted by atomic mass is 16.5. The number of aryl methyl sites for hydroxylation is 1. The molecule has 0 amide bonds. The van der Waals surface area contributed by atoms with Crippen LogP contribution in [0.5, 0.6) is 0 Å². The quantitative estimate of drug-likeness (QED) is 0.809. The van der Waals surface area contributed by atoms with E-state index in [1.54, 1.807) is 0 Å². The SMILES string of the molecule is CCc1cc2cc[nH]c2cc1C1[C@@H](C)OC(CO)[C@@H](C)[C@H](O)[C@H]1C. The number of aliphatic hydroxyl groups is 2. The van der Waals surface area contributed by atoms with Gasteiger partial charge in [0.15, 0.2) is 0 Å². The van der Waals surface area contributed by atoms with Crippen LogP contribution in [0.25, 0.3) is 10.9 Å². The first kappa shape index (κ1) is 17.5. The van der Waals surface area contributed by atoms with Crippen LogP contribution in [0.15, 0.2) is 24.4 Å². The molecule has 2 unspecified atom stereocenters. The van der Waals surface area contributed by atoms with Crippen molar-refractivity contribution in [3.05, 3.63) is 35.5 Å². The van der Waals surface area contributed by atoms with Gasteiger partial charge in [0.1, 0.15) is 0 Å². The molecule has 0 bridgehead atoms. The number of benzene rings is 1. The topological polar surface area (TPSA) is 65.5 Å². The van der Waals surface area contributed by atoms with Gasteiger partial charge in [-0.1, -0.05) is 20.8 Å². The molecule has 24 heavy (non-hydrogen) atoms. The second-order valence-corrected chi connectivity index (χ2v) is 7.27. The molecule has 0 radical (unpaired) electrons. The largest absolute Gasteiger partial charge is 0.394 e. The Kier molecular flexibility index (Phi) is 5.00. The zero-order valence-electron chi connectivity index (χ0n) is 15.0. The van der Waals surface area contributed by atoms with E-state index in [-0.39, 0.29) is 36.6 Å². The van der Waals surface area contributed by atoms with Crippen LogP contribution in [-0.4, -0.2) is 40.1 Å². The summed E-state index contributed by atoms with van der Waals surface area (Å²) in [6.45, 7) is 8.24. The Hall–Kier alpha value is -1.36. The van der Waals surface area contributed by atoms with Crippen LogP contribution in [0.1, 0.15) is 44.7 Å². The fourth-order valence-corrected chi connectivity index (χ4v) is 4.35. The van der Waals surface area contributed by atoms with E-state index in [4.69, 9.17) is 4.74 Å². The number of nitrogens with one attached hydrogen (secondary N) is 1. The maximum absolute atomic E-state index is 10.8. The van der Waals surface area contributed by atoms with Crippen molar-refractivity contribution >= 4 is 10.9 Å². The van der Waals surface area contributed by atoms with E-state index in [1.807, 2.05) is 13.1 Å². The zero-order chi connectivity index (χ0) is 17.4. The molecule has 3 rings (SSSR count). The first-order valence-corrected chi connectivity index (χ1v) is 9.02. The molecule has 1 aliphatic heterocycles. The van der Waals surface area contributed by atoms with Gasteiger partial charge in [0.2, 0.25) is 0 Å². The lowest BCUT2D eigenvalue weighted by molar-refractivity contribution is -0.0665. The molecular formula is C20H29NO3. The number of H-pyrrole nitrogens is 1. The molecule has 6 atom stereocenters. The highest BCUT2D eigenvalue weighted by molar-refractivity contribution is 5.81. The summed E-state index contributed by atoms with van der Waals surface area (Å²) in [4.78, 5) is 3.29. The monoisotopic (exact) mass is 331 g/mol. The standard InChI is InChI=1S/C20H29NO3/c1-5-14-8-15-6-7-21-17(15)9-16(14)19-12(3)20(23)11(2)18(10-22)24-13(19)4/h6-9,11-13,18-23H,5,10H2,1-4H3/t11-,12+,13-,18?,19?,20+/m1/s1. The molecule has 0 spiro atoms. The first-order chi connectivity index (χ1) is 11.5. The number of aromatic amines is 1. The second kappa shape index (κ2) is 6.87. The molecule has 1 saturated heterocycles. The Morgan fingerprint density at radius 2 is 1.92 bits per heavy atom. The number of hydrogen-bond acceptors (Lipinski definition) is 3. The Bertz CT molecular complexity index is 695. The molecule has 0 saturated carbocycles. The molecule has 2 aromatic rings. The lowest BCUT2D eigenvalue weighted by Gasteiger charge is -2.31.